The van der Waals surface area contributed by atoms with Crippen molar-refractivity contribution in [2.24, 2.45) is 0 Å². The number of oxazole rings is 1. The Morgan fingerprint density at radius 3 is 2.41 bits per heavy atom. The SMILES string of the molecule is CC(=O)ON(Cc1cccc(OCCc2nc(-c3ccc(C(F)(F)F)cc3)oc2C)c1)S(=O)(=O)N1CCN(C)CC1. The van der Waals surface area contributed by atoms with Gasteiger partial charge in [-0.1, -0.05) is 12.1 Å². The molecule has 0 spiro atoms. The maximum Gasteiger partial charge on any atom is 0.416 e. The number of hydrogen-bond donors (Lipinski definition) is 0. The van der Waals surface area contributed by atoms with E-state index >= 15 is 0 Å². The Morgan fingerprint density at radius 2 is 1.78 bits per heavy atom. The van der Waals surface area contributed by atoms with Gasteiger partial charge in [-0.2, -0.15) is 25.9 Å². The molecule has 1 aromatic heterocycles. The molecule has 1 aliphatic heterocycles. The lowest BCUT2D eigenvalue weighted by Crippen LogP contribution is -2.52. The first-order valence-electron chi connectivity index (χ1n) is 12.8. The fourth-order valence-electron chi connectivity index (χ4n) is 4.19. The average Bonchev–Trinajstić information content (AvgIpc) is 3.28. The third-order valence-electron chi connectivity index (χ3n) is 6.45. The summed E-state index contributed by atoms with van der Waals surface area (Å²) >= 11 is 0. The van der Waals surface area contributed by atoms with Gasteiger partial charge in [0, 0.05) is 45.1 Å². The highest BCUT2D eigenvalue weighted by molar-refractivity contribution is 7.86. The predicted molar refractivity (Wildman–Crippen MR) is 143 cm³/mol. The van der Waals surface area contributed by atoms with Gasteiger partial charge in [0.05, 0.1) is 24.4 Å². The van der Waals surface area contributed by atoms with E-state index in [0.717, 1.165) is 19.1 Å². The monoisotopic (exact) mass is 596 g/mol. The van der Waals surface area contributed by atoms with E-state index in [4.69, 9.17) is 14.0 Å². The molecule has 3 aromatic rings. The summed E-state index contributed by atoms with van der Waals surface area (Å²) in [6, 6.07) is 11.3. The molecule has 0 bridgehead atoms. The number of ether oxygens (including phenoxy) is 1. The highest BCUT2D eigenvalue weighted by atomic mass is 32.2. The van der Waals surface area contributed by atoms with E-state index in [0.29, 0.717) is 52.3 Å². The number of aromatic nitrogens is 1. The van der Waals surface area contributed by atoms with Gasteiger partial charge in [0.1, 0.15) is 11.5 Å². The van der Waals surface area contributed by atoms with Crippen molar-refractivity contribution in [3.63, 3.8) is 0 Å². The molecule has 14 heteroatoms. The minimum Gasteiger partial charge on any atom is -0.493 e. The van der Waals surface area contributed by atoms with Crippen LogP contribution in [-0.4, -0.2) is 72.9 Å². The van der Waals surface area contributed by atoms with E-state index < -0.39 is 27.9 Å². The molecular weight excluding hydrogens is 565 g/mol. The highest BCUT2D eigenvalue weighted by Gasteiger charge is 2.34. The zero-order valence-electron chi connectivity index (χ0n) is 22.8. The Bertz CT molecular complexity index is 1450. The fraction of sp³-hybridized carbons (Fsp3) is 0.407. The van der Waals surface area contributed by atoms with Crippen molar-refractivity contribution in [2.45, 2.75) is 33.0 Å². The average molecular weight is 597 g/mol. The number of carbonyl (C=O) groups is 1. The summed E-state index contributed by atoms with van der Waals surface area (Å²) in [7, 11) is -2.16. The molecule has 0 saturated carbocycles. The molecule has 0 aliphatic carbocycles. The van der Waals surface area contributed by atoms with Gasteiger partial charge in [-0.25, -0.2) is 4.98 Å². The number of hydrogen-bond acceptors (Lipinski definition) is 8. The van der Waals surface area contributed by atoms with Gasteiger partial charge < -0.3 is 18.9 Å². The number of aryl methyl sites for hydroxylation is 1. The molecule has 0 unspecified atom stereocenters. The summed E-state index contributed by atoms with van der Waals surface area (Å²) in [6.07, 6.45) is -4.07. The number of benzene rings is 2. The van der Waals surface area contributed by atoms with Crippen LogP contribution in [-0.2, 0) is 39.0 Å². The molecule has 1 saturated heterocycles. The molecule has 41 heavy (non-hydrogen) atoms. The van der Waals surface area contributed by atoms with Gasteiger partial charge in [-0.3, -0.25) is 4.79 Å². The van der Waals surface area contributed by atoms with Gasteiger partial charge in [0.15, 0.2) is 0 Å². The van der Waals surface area contributed by atoms with Crippen molar-refractivity contribution >= 4 is 16.2 Å². The quantitative estimate of drug-likeness (QED) is 0.323. The Morgan fingerprint density at radius 1 is 1.10 bits per heavy atom. The van der Waals surface area contributed by atoms with Crippen molar-refractivity contribution in [3.05, 3.63) is 71.1 Å². The molecule has 0 amide bonds. The minimum absolute atomic E-state index is 0.204. The first-order chi connectivity index (χ1) is 19.3. The molecule has 2 heterocycles. The zero-order chi connectivity index (χ0) is 29.8. The highest BCUT2D eigenvalue weighted by Crippen LogP contribution is 2.31. The van der Waals surface area contributed by atoms with Crippen molar-refractivity contribution in [1.82, 2.24) is 18.7 Å². The molecule has 10 nitrogen and oxygen atoms in total. The van der Waals surface area contributed by atoms with Crippen LogP contribution in [0.4, 0.5) is 13.2 Å². The number of likely N-dealkylation sites (N-methyl/N-ethyl adjacent to an activating group) is 1. The maximum absolute atomic E-state index is 13.2. The maximum atomic E-state index is 13.2. The second kappa shape index (κ2) is 12.6. The molecule has 1 aliphatic rings. The van der Waals surface area contributed by atoms with E-state index in [1.807, 2.05) is 11.9 Å². The van der Waals surface area contributed by atoms with Gasteiger partial charge in [0.2, 0.25) is 5.89 Å². The lowest BCUT2D eigenvalue weighted by molar-refractivity contribution is -0.168. The summed E-state index contributed by atoms with van der Waals surface area (Å²) < 4.78 is 78.4. The first kappa shape index (κ1) is 30.5. The zero-order valence-corrected chi connectivity index (χ0v) is 23.7. The molecular formula is C27H31F3N4O6S. The number of hydroxylamine groups is 1. The van der Waals surface area contributed by atoms with E-state index in [-0.39, 0.29) is 32.1 Å². The van der Waals surface area contributed by atoms with Crippen LogP contribution >= 0.6 is 0 Å². The van der Waals surface area contributed by atoms with E-state index in [1.54, 1.807) is 31.2 Å². The normalized spacial score (nSPS) is 15.3. The second-order valence-corrected chi connectivity index (χ2v) is 11.4. The van der Waals surface area contributed by atoms with Gasteiger partial charge in [0.25, 0.3) is 0 Å². The topological polar surface area (TPSA) is 105 Å². The van der Waals surface area contributed by atoms with Gasteiger partial charge in [-0.15, -0.1) is 0 Å². The molecule has 222 valence electrons. The van der Waals surface area contributed by atoms with Crippen LogP contribution in [0.1, 0.15) is 29.5 Å². The lowest BCUT2D eigenvalue weighted by Gasteiger charge is -2.34. The van der Waals surface area contributed by atoms with Crippen molar-refractivity contribution < 1.29 is 40.4 Å². The Hall–Kier alpha value is -3.46. The lowest BCUT2D eigenvalue weighted by atomic mass is 10.1. The molecule has 0 atom stereocenters. The minimum atomic E-state index is -4.43. The third-order valence-corrected chi connectivity index (χ3v) is 8.18. The first-order valence-corrected chi connectivity index (χ1v) is 14.2. The molecule has 1 fully saturated rings. The summed E-state index contributed by atoms with van der Waals surface area (Å²) in [5.41, 5.74) is 0.803. The number of piperazine rings is 1. The van der Waals surface area contributed by atoms with Gasteiger partial charge in [-0.05, 0) is 60.4 Å². The molecule has 0 N–H and O–H groups in total. The predicted octanol–water partition coefficient (Wildman–Crippen LogP) is 4.06. The largest absolute Gasteiger partial charge is 0.493 e. The number of halogens is 3. The van der Waals surface area contributed by atoms with Crippen LogP contribution in [0.3, 0.4) is 0 Å². The Kier molecular flexibility index (Phi) is 9.37. The van der Waals surface area contributed by atoms with Crippen molar-refractivity contribution in [2.75, 3.05) is 39.8 Å². The third kappa shape index (κ3) is 7.85. The Labute approximate surface area is 236 Å². The van der Waals surface area contributed by atoms with Crippen molar-refractivity contribution in [1.29, 1.82) is 0 Å². The van der Waals surface area contributed by atoms with Crippen LogP contribution in [0.25, 0.3) is 11.5 Å². The van der Waals surface area contributed by atoms with Gasteiger partial charge >= 0.3 is 22.4 Å². The fourth-order valence-corrected chi connectivity index (χ4v) is 5.58. The summed E-state index contributed by atoms with van der Waals surface area (Å²) in [6.45, 7) is 4.53. The standard InChI is InChI=1S/C27H31F3N4O6S/c1-19-25(31-26(39-19)22-7-9-23(10-8-22)27(28,29)30)11-16-38-24-6-4-5-21(17-24)18-34(40-20(2)35)41(36,37)33-14-12-32(3)13-15-33/h4-10,17H,11-16,18H2,1-3H3. The summed E-state index contributed by atoms with van der Waals surface area (Å²) in [4.78, 5) is 23.2. The van der Waals surface area contributed by atoms with Crippen LogP contribution in [0.15, 0.2) is 52.9 Å². The molecule has 4 rings (SSSR count). The van der Waals surface area contributed by atoms with E-state index in [1.165, 1.54) is 16.4 Å². The Balaban J connectivity index is 1.39. The van der Waals surface area contributed by atoms with Crippen molar-refractivity contribution in [3.8, 4) is 17.2 Å². The van der Waals surface area contributed by atoms with E-state index in [2.05, 4.69) is 4.98 Å². The molecule has 2 aromatic carbocycles. The summed E-state index contributed by atoms with van der Waals surface area (Å²) in [5.74, 6) is 0.434. The molecule has 0 radical (unpaired) electrons. The second-order valence-electron chi connectivity index (χ2n) is 9.60. The van der Waals surface area contributed by atoms with Crippen LogP contribution in [0.2, 0.25) is 0 Å². The summed E-state index contributed by atoms with van der Waals surface area (Å²) in [5, 5.41) is 0. The van der Waals surface area contributed by atoms with Crippen LogP contribution in [0.5, 0.6) is 5.75 Å². The number of nitrogens with zero attached hydrogens (tertiary/aromatic N) is 4. The van der Waals surface area contributed by atoms with Crippen LogP contribution in [0, 0.1) is 6.92 Å². The number of carbonyl (C=O) groups excluding carboxylic acids is 1. The number of alkyl halides is 3. The van der Waals surface area contributed by atoms with Crippen LogP contribution < -0.4 is 4.74 Å². The van der Waals surface area contributed by atoms with E-state index in [9.17, 15) is 26.4 Å². The smallest absolute Gasteiger partial charge is 0.416 e. The number of rotatable bonds is 10.